The van der Waals surface area contributed by atoms with Crippen molar-refractivity contribution >= 4 is 0 Å². The number of rotatable bonds is 3. The highest BCUT2D eigenvalue weighted by Gasteiger charge is 2.22. The van der Waals surface area contributed by atoms with E-state index >= 15 is 0 Å². The van der Waals surface area contributed by atoms with E-state index in [2.05, 4.69) is 42.8 Å². The molecular weight excluding hydrogens is 188 g/mol. The van der Waals surface area contributed by atoms with Crippen molar-refractivity contribution in [3.63, 3.8) is 0 Å². The van der Waals surface area contributed by atoms with E-state index in [0.717, 1.165) is 19.6 Å². The van der Waals surface area contributed by atoms with E-state index in [0.29, 0.717) is 6.04 Å². The lowest BCUT2D eigenvalue weighted by Crippen LogP contribution is -2.15. The van der Waals surface area contributed by atoms with Crippen LogP contribution in [0.4, 0.5) is 0 Å². The molecule has 84 valence electrons. The van der Waals surface area contributed by atoms with Crippen molar-refractivity contribution in [1.82, 2.24) is 20.0 Å². The van der Waals surface area contributed by atoms with E-state index < -0.39 is 0 Å². The molecule has 4 heteroatoms. The highest BCUT2D eigenvalue weighted by atomic mass is 15.3. The summed E-state index contributed by atoms with van der Waals surface area (Å²) in [5, 5.41) is 8.10. The molecule has 1 aliphatic heterocycles. The van der Waals surface area contributed by atoms with Gasteiger partial charge in [0.15, 0.2) is 0 Å². The minimum absolute atomic E-state index is 0.453. The van der Waals surface area contributed by atoms with Gasteiger partial charge in [-0.05, 0) is 27.9 Å². The highest BCUT2D eigenvalue weighted by molar-refractivity contribution is 5.30. The molecule has 2 heterocycles. The molecule has 15 heavy (non-hydrogen) atoms. The quantitative estimate of drug-likeness (QED) is 0.808. The monoisotopic (exact) mass is 208 g/mol. The van der Waals surface area contributed by atoms with E-state index in [4.69, 9.17) is 5.10 Å². The Morgan fingerprint density at radius 1 is 1.40 bits per heavy atom. The Balaban J connectivity index is 2.36. The fourth-order valence-electron chi connectivity index (χ4n) is 2.11. The van der Waals surface area contributed by atoms with Gasteiger partial charge >= 0.3 is 0 Å². The van der Waals surface area contributed by atoms with Crippen LogP contribution in [0.25, 0.3) is 0 Å². The molecule has 1 aliphatic rings. The van der Waals surface area contributed by atoms with Gasteiger partial charge in [0.1, 0.15) is 0 Å². The summed E-state index contributed by atoms with van der Waals surface area (Å²) in [6.45, 7) is 7.25. The lowest BCUT2D eigenvalue weighted by atomic mass is 10.2. The Morgan fingerprint density at radius 3 is 2.73 bits per heavy atom. The van der Waals surface area contributed by atoms with Crippen LogP contribution in [0, 0.1) is 0 Å². The molecule has 0 saturated heterocycles. The minimum atomic E-state index is 0.453. The van der Waals surface area contributed by atoms with Gasteiger partial charge in [0.2, 0.25) is 0 Å². The topological polar surface area (TPSA) is 33.1 Å². The van der Waals surface area contributed by atoms with Gasteiger partial charge in [-0.1, -0.05) is 0 Å². The summed E-state index contributed by atoms with van der Waals surface area (Å²) in [4.78, 5) is 2.17. The van der Waals surface area contributed by atoms with Gasteiger partial charge in [0, 0.05) is 31.2 Å². The van der Waals surface area contributed by atoms with Gasteiger partial charge in [0.25, 0.3) is 0 Å². The Kier molecular flexibility index (Phi) is 2.80. The average Bonchev–Trinajstić information content (AvgIpc) is 2.66. The SMILES string of the molecule is CC(C)n1nc(CN(C)C)c2c1CNC2. The van der Waals surface area contributed by atoms with Crippen molar-refractivity contribution < 1.29 is 0 Å². The van der Waals surface area contributed by atoms with Gasteiger partial charge in [-0.15, -0.1) is 0 Å². The van der Waals surface area contributed by atoms with Gasteiger partial charge in [-0.3, -0.25) is 4.68 Å². The number of nitrogens with one attached hydrogen (secondary N) is 1. The normalized spacial score (nSPS) is 15.3. The summed E-state index contributed by atoms with van der Waals surface area (Å²) in [6.07, 6.45) is 0. The summed E-state index contributed by atoms with van der Waals surface area (Å²) in [5.41, 5.74) is 4.02. The van der Waals surface area contributed by atoms with Crippen LogP contribution in [-0.2, 0) is 19.6 Å². The zero-order chi connectivity index (χ0) is 11.0. The first-order chi connectivity index (χ1) is 7.09. The summed E-state index contributed by atoms with van der Waals surface area (Å²) in [7, 11) is 4.17. The van der Waals surface area contributed by atoms with Crippen LogP contribution in [0.15, 0.2) is 0 Å². The summed E-state index contributed by atoms with van der Waals surface area (Å²) < 4.78 is 2.16. The Bertz CT molecular complexity index is 352. The smallest absolute Gasteiger partial charge is 0.0813 e. The predicted octanol–water partition coefficient (Wildman–Crippen LogP) is 1.13. The molecule has 0 aliphatic carbocycles. The van der Waals surface area contributed by atoms with Crippen molar-refractivity contribution in [3.8, 4) is 0 Å². The Hall–Kier alpha value is -0.870. The molecule has 2 rings (SSSR count). The third kappa shape index (κ3) is 1.92. The molecule has 0 bridgehead atoms. The number of hydrogen-bond donors (Lipinski definition) is 1. The number of aromatic nitrogens is 2. The first-order valence-corrected chi connectivity index (χ1v) is 5.54. The Labute approximate surface area is 91.3 Å². The molecule has 0 unspecified atom stereocenters. The van der Waals surface area contributed by atoms with Crippen molar-refractivity contribution in [1.29, 1.82) is 0 Å². The molecule has 4 nitrogen and oxygen atoms in total. The van der Waals surface area contributed by atoms with E-state index in [9.17, 15) is 0 Å². The number of hydrogen-bond acceptors (Lipinski definition) is 3. The molecule has 0 atom stereocenters. The fourth-order valence-corrected chi connectivity index (χ4v) is 2.11. The summed E-state index contributed by atoms with van der Waals surface area (Å²) in [6, 6.07) is 0.453. The van der Waals surface area contributed by atoms with Crippen molar-refractivity contribution in [3.05, 3.63) is 17.0 Å². The predicted molar refractivity (Wildman–Crippen MR) is 60.5 cm³/mol. The second-order valence-corrected chi connectivity index (χ2v) is 4.75. The maximum Gasteiger partial charge on any atom is 0.0813 e. The lowest BCUT2D eigenvalue weighted by Gasteiger charge is -2.10. The summed E-state index contributed by atoms with van der Waals surface area (Å²) in [5.74, 6) is 0. The summed E-state index contributed by atoms with van der Waals surface area (Å²) >= 11 is 0. The first-order valence-electron chi connectivity index (χ1n) is 5.54. The molecule has 1 aromatic heterocycles. The largest absolute Gasteiger partial charge is 0.307 e. The highest BCUT2D eigenvalue weighted by Crippen LogP contribution is 2.23. The van der Waals surface area contributed by atoms with Gasteiger partial charge < -0.3 is 10.2 Å². The molecule has 0 amide bonds. The number of fused-ring (bicyclic) bond motifs is 1. The zero-order valence-electron chi connectivity index (χ0n) is 10.0. The molecule has 0 aromatic carbocycles. The third-order valence-corrected chi connectivity index (χ3v) is 2.75. The van der Waals surface area contributed by atoms with Gasteiger partial charge in [-0.2, -0.15) is 5.10 Å². The van der Waals surface area contributed by atoms with Crippen molar-refractivity contribution in [2.75, 3.05) is 14.1 Å². The van der Waals surface area contributed by atoms with Crippen LogP contribution < -0.4 is 5.32 Å². The van der Waals surface area contributed by atoms with Crippen LogP contribution >= 0.6 is 0 Å². The van der Waals surface area contributed by atoms with Gasteiger partial charge in [0.05, 0.1) is 11.4 Å². The van der Waals surface area contributed by atoms with Crippen molar-refractivity contribution in [2.45, 2.75) is 39.5 Å². The maximum absolute atomic E-state index is 4.71. The molecule has 0 radical (unpaired) electrons. The lowest BCUT2D eigenvalue weighted by molar-refractivity contribution is 0.388. The van der Waals surface area contributed by atoms with E-state index in [1.165, 1.54) is 17.0 Å². The molecule has 0 fully saturated rings. The molecule has 0 saturated carbocycles. The van der Waals surface area contributed by atoms with Crippen LogP contribution in [0.2, 0.25) is 0 Å². The van der Waals surface area contributed by atoms with Crippen LogP contribution in [0.3, 0.4) is 0 Å². The van der Waals surface area contributed by atoms with Crippen LogP contribution in [0.1, 0.15) is 36.8 Å². The van der Waals surface area contributed by atoms with Crippen LogP contribution in [-0.4, -0.2) is 28.8 Å². The van der Waals surface area contributed by atoms with E-state index in [-0.39, 0.29) is 0 Å². The second kappa shape index (κ2) is 3.94. The first kappa shape index (κ1) is 10.6. The van der Waals surface area contributed by atoms with E-state index in [1.807, 2.05) is 0 Å². The fraction of sp³-hybridized carbons (Fsp3) is 0.727. The van der Waals surface area contributed by atoms with Gasteiger partial charge in [-0.25, -0.2) is 0 Å². The number of nitrogens with zero attached hydrogens (tertiary/aromatic N) is 3. The zero-order valence-corrected chi connectivity index (χ0v) is 10.0. The minimum Gasteiger partial charge on any atom is -0.307 e. The molecule has 1 N–H and O–H groups in total. The standard InChI is InChI=1S/C11H20N4/c1-8(2)15-11-6-12-5-9(11)10(13-15)7-14(3)4/h8,12H,5-7H2,1-4H3. The van der Waals surface area contributed by atoms with Crippen molar-refractivity contribution in [2.24, 2.45) is 0 Å². The van der Waals surface area contributed by atoms with Crippen LogP contribution in [0.5, 0.6) is 0 Å². The molecule has 1 aromatic rings. The average molecular weight is 208 g/mol. The Morgan fingerprint density at radius 2 is 2.13 bits per heavy atom. The molecule has 0 spiro atoms. The third-order valence-electron chi connectivity index (χ3n) is 2.75. The second-order valence-electron chi connectivity index (χ2n) is 4.75. The molecular formula is C11H20N4. The van der Waals surface area contributed by atoms with E-state index in [1.54, 1.807) is 0 Å². The maximum atomic E-state index is 4.71.